The zero-order valence-corrected chi connectivity index (χ0v) is 9.82. The van der Waals surface area contributed by atoms with Crippen LogP contribution >= 0.6 is 0 Å². The maximum Gasteiger partial charge on any atom is 0.220 e. The van der Waals surface area contributed by atoms with E-state index in [1.54, 1.807) is 0 Å². The Morgan fingerprint density at radius 3 is 3.00 bits per heavy atom. The van der Waals surface area contributed by atoms with E-state index >= 15 is 0 Å². The maximum absolute atomic E-state index is 11.7. The Hall–Kier alpha value is -1.55. The van der Waals surface area contributed by atoms with Crippen molar-refractivity contribution >= 4 is 11.6 Å². The second kappa shape index (κ2) is 5.68. The molecule has 1 aliphatic rings. The predicted octanol–water partition coefficient (Wildman–Crippen LogP) is 1.11. The van der Waals surface area contributed by atoms with Crippen molar-refractivity contribution in [2.75, 3.05) is 18.9 Å². The Kier molecular flexibility index (Phi) is 3.98. The van der Waals surface area contributed by atoms with Gasteiger partial charge in [0.2, 0.25) is 5.91 Å². The molecule has 2 rings (SSSR count). The van der Waals surface area contributed by atoms with Crippen LogP contribution in [0.15, 0.2) is 24.3 Å². The van der Waals surface area contributed by atoms with Crippen LogP contribution in [0.5, 0.6) is 0 Å². The lowest BCUT2D eigenvalue weighted by Gasteiger charge is -2.11. The molecule has 0 saturated carbocycles. The molecule has 1 aromatic carbocycles. The van der Waals surface area contributed by atoms with Gasteiger partial charge in [0.1, 0.15) is 0 Å². The van der Waals surface area contributed by atoms with E-state index in [0.717, 1.165) is 24.3 Å². The summed E-state index contributed by atoms with van der Waals surface area (Å²) in [5.41, 5.74) is 7.61. The summed E-state index contributed by atoms with van der Waals surface area (Å²) in [6, 6.07) is 7.85. The number of nitrogens with two attached hydrogens (primary N) is 1. The molecule has 0 bridgehead atoms. The molecule has 1 atom stereocenters. The lowest BCUT2D eigenvalue weighted by atomic mass is 10.1. The summed E-state index contributed by atoms with van der Waals surface area (Å²) >= 11 is 0. The van der Waals surface area contributed by atoms with Gasteiger partial charge < -0.3 is 15.8 Å². The van der Waals surface area contributed by atoms with Crippen LogP contribution in [0.2, 0.25) is 0 Å². The first-order chi connectivity index (χ1) is 8.25. The molecule has 3 N–H and O–H groups in total. The number of benzene rings is 1. The van der Waals surface area contributed by atoms with Gasteiger partial charge in [-0.1, -0.05) is 18.2 Å². The number of aryl methyl sites for hydroxylation is 1. The van der Waals surface area contributed by atoms with E-state index in [4.69, 9.17) is 10.5 Å². The number of carbonyl (C=O) groups excluding carboxylic acids is 1. The van der Waals surface area contributed by atoms with E-state index in [9.17, 15) is 4.79 Å². The molecule has 92 valence electrons. The summed E-state index contributed by atoms with van der Waals surface area (Å²) in [6.45, 7) is 1.38. The van der Waals surface area contributed by atoms with Gasteiger partial charge in [-0.25, -0.2) is 0 Å². The molecule has 1 amide bonds. The van der Waals surface area contributed by atoms with Gasteiger partial charge in [-0.05, 0) is 24.5 Å². The lowest BCUT2D eigenvalue weighted by Crippen LogP contribution is -2.35. The normalized spacial score (nSPS) is 19.2. The van der Waals surface area contributed by atoms with Crippen molar-refractivity contribution in [1.29, 1.82) is 0 Å². The van der Waals surface area contributed by atoms with Crippen molar-refractivity contribution in [2.24, 2.45) is 0 Å². The highest BCUT2D eigenvalue weighted by Crippen LogP contribution is 2.12. The standard InChI is InChI=1S/C13H18N2O2/c14-12-4-2-1-3-10(12)5-6-13(16)15-11-7-8-17-9-11/h1-4,11H,5-9,14H2,(H,15,16). The number of ether oxygens (including phenoxy) is 1. The number of nitrogens with one attached hydrogen (secondary N) is 1. The average Bonchev–Trinajstić information content (AvgIpc) is 2.81. The summed E-state index contributed by atoms with van der Waals surface area (Å²) in [5.74, 6) is 0.0729. The Morgan fingerprint density at radius 2 is 2.29 bits per heavy atom. The first-order valence-electron chi connectivity index (χ1n) is 5.96. The molecule has 17 heavy (non-hydrogen) atoms. The van der Waals surface area contributed by atoms with Crippen LogP contribution in [0.1, 0.15) is 18.4 Å². The summed E-state index contributed by atoms with van der Waals surface area (Å²) in [5, 5.41) is 2.96. The zero-order chi connectivity index (χ0) is 12.1. The molecule has 0 aromatic heterocycles. The third-order valence-electron chi connectivity index (χ3n) is 2.97. The minimum atomic E-state index is 0.0729. The van der Waals surface area contributed by atoms with E-state index < -0.39 is 0 Å². The highest BCUT2D eigenvalue weighted by molar-refractivity contribution is 5.76. The summed E-state index contributed by atoms with van der Waals surface area (Å²) in [7, 11) is 0. The molecule has 1 aromatic rings. The summed E-state index contributed by atoms with van der Waals surface area (Å²) < 4.78 is 5.21. The van der Waals surface area contributed by atoms with Gasteiger partial charge in [0.25, 0.3) is 0 Å². The number of para-hydroxylation sites is 1. The fourth-order valence-electron chi connectivity index (χ4n) is 1.96. The molecule has 0 radical (unpaired) electrons. The summed E-state index contributed by atoms with van der Waals surface area (Å²) in [6.07, 6.45) is 2.08. The van der Waals surface area contributed by atoms with Gasteiger partial charge in [-0.3, -0.25) is 4.79 Å². The lowest BCUT2D eigenvalue weighted by molar-refractivity contribution is -0.121. The third kappa shape index (κ3) is 3.46. The molecule has 1 saturated heterocycles. The molecule has 1 unspecified atom stereocenters. The molecule has 0 aliphatic carbocycles. The largest absolute Gasteiger partial charge is 0.399 e. The number of hydrogen-bond acceptors (Lipinski definition) is 3. The van der Waals surface area contributed by atoms with Crippen LogP contribution in [0.4, 0.5) is 5.69 Å². The van der Waals surface area contributed by atoms with E-state index in [-0.39, 0.29) is 11.9 Å². The number of rotatable bonds is 4. The van der Waals surface area contributed by atoms with E-state index in [0.29, 0.717) is 19.4 Å². The molecule has 1 fully saturated rings. The molecule has 4 heteroatoms. The van der Waals surface area contributed by atoms with E-state index in [1.807, 2.05) is 24.3 Å². The van der Waals surface area contributed by atoms with Crippen molar-refractivity contribution in [3.63, 3.8) is 0 Å². The molecule has 0 spiro atoms. The molecular weight excluding hydrogens is 216 g/mol. The first kappa shape index (κ1) is 11.9. The second-order valence-corrected chi connectivity index (χ2v) is 4.33. The van der Waals surface area contributed by atoms with Crippen LogP contribution < -0.4 is 11.1 Å². The average molecular weight is 234 g/mol. The quantitative estimate of drug-likeness (QED) is 0.767. The Morgan fingerprint density at radius 1 is 1.47 bits per heavy atom. The molecule has 1 heterocycles. The number of carbonyl (C=O) groups is 1. The number of anilines is 1. The predicted molar refractivity (Wildman–Crippen MR) is 66.5 cm³/mol. The van der Waals surface area contributed by atoms with Crippen LogP contribution in [0, 0.1) is 0 Å². The molecular formula is C13H18N2O2. The van der Waals surface area contributed by atoms with Crippen molar-refractivity contribution in [1.82, 2.24) is 5.32 Å². The van der Waals surface area contributed by atoms with Gasteiger partial charge >= 0.3 is 0 Å². The van der Waals surface area contributed by atoms with Crippen LogP contribution in [0.3, 0.4) is 0 Å². The molecule has 1 aliphatic heterocycles. The second-order valence-electron chi connectivity index (χ2n) is 4.33. The SMILES string of the molecule is Nc1ccccc1CCC(=O)NC1CCOC1. The number of nitrogen functional groups attached to an aromatic ring is 1. The maximum atomic E-state index is 11.7. The topological polar surface area (TPSA) is 64.4 Å². The number of hydrogen-bond donors (Lipinski definition) is 2. The fraction of sp³-hybridized carbons (Fsp3) is 0.462. The van der Waals surface area contributed by atoms with Crippen molar-refractivity contribution in [3.05, 3.63) is 29.8 Å². The smallest absolute Gasteiger partial charge is 0.220 e. The third-order valence-corrected chi connectivity index (χ3v) is 2.97. The first-order valence-corrected chi connectivity index (χ1v) is 5.96. The van der Waals surface area contributed by atoms with Crippen molar-refractivity contribution in [3.8, 4) is 0 Å². The van der Waals surface area contributed by atoms with E-state index in [2.05, 4.69) is 5.32 Å². The van der Waals surface area contributed by atoms with Gasteiger partial charge in [-0.15, -0.1) is 0 Å². The Balaban J connectivity index is 1.77. The Bertz CT molecular complexity index is 387. The van der Waals surface area contributed by atoms with Crippen molar-refractivity contribution < 1.29 is 9.53 Å². The van der Waals surface area contributed by atoms with Crippen LogP contribution in [0.25, 0.3) is 0 Å². The minimum absolute atomic E-state index is 0.0729. The Labute approximate surface area is 101 Å². The van der Waals surface area contributed by atoms with E-state index in [1.165, 1.54) is 0 Å². The highest BCUT2D eigenvalue weighted by Gasteiger charge is 2.17. The highest BCUT2D eigenvalue weighted by atomic mass is 16.5. The number of amides is 1. The van der Waals surface area contributed by atoms with Crippen molar-refractivity contribution in [2.45, 2.75) is 25.3 Å². The molecule has 4 nitrogen and oxygen atoms in total. The van der Waals surface area contributed by atoms with Crippen LogP contribution in [-0.2, 0) is 16.0 Å². The summed E-state index contributed by atoms with van der Waals surface area (Å²) in [4.78, 5) is 11.7. The zero-order valence-electron chi connectivity index (χ0n) is 9.82. The minimum Gasteiger partial charge on any atom is -0.399 e. The van der Waals surface area contributed by atoms with Gasteiger partial charge in [-0.2, -0.15) is 0 Å². The fourth-order valence-corrected chi connectivity index (χ4v) is 1.96. The van der Waals surface area contributed by atoms with Gasteiger partial charge in [0.15, 0.2) is 0 Å². The van der Waals surface area contributed by atoms with Gasteiger partial charge in [0.05, 0.1) is 12.6 Å². The van der Waals surface area contributed by atoms with Crippen LogP contribution in [-0.4, -0.2) is 25.2 Å². The monoisotopic (exact) mass is 234 g/mol. The van der Waals surface area contributed by atoms with Gasteiger partial charge in [0, 0.05) is 18.7 Å².